The first-order valence-corrected chi connectivity index (χ1v) is 5.78. The van der Waals surface area contributed by atoms with Crippen LogP contribution in [0.4, 0.5) is 0 Å². The van der Waals surface area contributed by atoms with Gasteiger partial charge in [0.1, 0.15) is 0 Å². The lowest BCUT2D eigenvalue weighted by Gasteiger charge is -2.19. The maximum Gasteiger partial charge on any atom is 0.161 e. The van der Waals surface area contributed by atoms with E-state index in [9.17, 15) is 0 Å². The highest BCUT2D eigenvalue weighted by Gasteiger charge is 2.17. The molecule has 0 saturated heterocycles. The molecule has 1 aliphatic heterocycles. The molecule has 0 atom stereocenters. The Kier molecular flexibility index (Phi) is 7.83. The van der Waals surface area contributed by atoms with Gasteiger partial charge in [0.2, 0.25) is 0 Å². The number of aliphatic imine (C=N–C) groups is 1. The Balaban J connectivity index is 0.00000162. The lowest BCUT2D eigenvalue weighted by molar-refractivity contribution is 0.354. The average molecular weight is 307 g/mol. The van der Waals surface area contributed by atoms with Gasteiger partial charge in [0.15, 0.2) is 11.5 Å². The normalized spacial score (nSPS) is 12.5. The van der Waals surface area contributed by atoms with E-state index < -0.39 is 0 Å². The van der Waals surface area contributed by atoms with Gasteiger partial charge in [0, 0.05) is 24.2 Å². The fourth-order valence-corrected chi connectivity index (χ4v) is 2.14. The van der Waals surface area contributed by atoms with Crippen molar-refractivity contribution in [3.63, 3.8) is 0 Å². The number of hydrogen-bond acceptors (Lipinski definition) is 4. The fraction of sp³-hybridized carbons (Fsp3) is 0.462. The second-order valence-corrected chi connectivity index (χ2v) is 3.98. The van der Waals surface area contributed by atoms with E-state index in [-0.39, 0.29) is 24.8 Å². The topological polar surface area (TPSA) is 56.8 Å². The first kappa shape index (κ1) is 18.0. The third-order valence-electron chi connectivity index (χ3n) is 2.99. The smallest absolute Gasteiger partial charge is 0.161 e. The minimum Gasteiger partial charge on any atom is -0.493 e. The van der Waals surface area contributed by atoms with Gasteiger partial charge in [-0.25, -0.2) is 0 Å². The Bertz CT molecular complexity index is 451. The van der Waals surface area contributed by atoms with Gasteiger partial charge in [-0.05, 0) is 30.7 Å². The first-order valence-electron chi connectivity index (χ1n) is 5.78. The van der Waals surface area contributed by atoms with Crippen LogP contribution in [-0.4, -0.2) is 33.0 Å². The van der Waals surface area contributed by atoms with Crippen molar-refractivity contribution in [3.8, 4) is 11.5 Å². The van der Waals surface area contributed by atoms with E-state index in [4.69, 9.17) is 15.2 Å². The van der Waals surface area contributed by atoms with Gasteiger partial charge in [0.05, 0.1) is 14.2 Å². The zero-order chi connectivity index (χ0) is 12.3. The molecule has 0 amide bonds. The third-order valence-corrected chi connectivity index (χ3v) is 2.99. The zero-order valence-corrected chi connectivity index (χ0v) is 12.8. The molecule has 4 nitrogen and oxygen atoms in total. The van der Waals surface area contributed by atoms with Crippen LogP contribution in [0.2, 0.25) is 0 Å². The lowest BCUT2D eigenvalue weighted by atomic mass is 9.95. The summed E-state index contributed by atoms with van der Waals surface area (Å²) in [4.78, 5) is 4.53. The van der Waals surface area contributed by atoms with E-state index in [1.54, 1.807) is 14.2 Å². The van der Waals surface area contributed by atoms with Crippen LogP contribution in [0.25, 0.3) is 0 Å². The summed E-state index contributed by atoms with van der Waals surface area (Å²) in [5.74, 6) is 1.53. The van der Waals surface area contributed by atoms with Crippen molar-refractivity contribution in [1.29, 1.82) is 0 Å². The number of rotatable bonds is 4. The van der Waals surface area contributed by atoms with Crippen LogP contribution in [0.5, 0.6) is 11.5 Å². The Morgan fingerprint density at radius 2 is 1.79 bits per heavy atom. The molecular formula is C13H20Cl2N2O2. The number of fused-ring (bicyclic) bond motifs is 1. The maximum absolute atomic E-state index is 5.61. The molecule has 0 saturated carbocycles. The van der Waals surface area contributed by atoms with Crippen molar-refractivity contribution in [2.24, 2.45) is 10.7 Å². The van der Waals surface area contributed by atoms with Gasteiger partial charge < -0.3 is 15.2 Å². The lowest BCUT2D eigenvalue weighted by Crippen LogP contribution is -2.17. The fourth-order valence-electron chi connectivity index (χ4n) is 2.14. The molecule has 108 valence electrons. The highest BCUT2D eigenvalue weighted by atomic mass is 35.5. The van der Waals surface area contributed by atoms with Crippen molar-refractivity contribution >= 4 is 30.5 Å². The SMILES string of the molecule is COc1cc2c(cc1OC)C(CCN)=NCC2.Cl.Cl. The molecule has 1 aromatic rings. The molecule has 0 unspecified atom stereocenters. The number of nitrogens with two attached hydrogens (primary N) is 1. The molecule has 0 radical (unpaired) electrons. The number of ether oxygens (including phenoxy) is 2. The predicted molar refractivity (Wildman–Crippen MR) is 82.8 cm³/mol. The molecule has 1 aliphatic rings. The second-order valence-electron chi connectivity index (χ2n) is 3.98. The molecule has 0 aromatic heterocycles. The molecule has 1 aromatic carbocycles. The Morgan fingerprint density at radius 1 is 1.16 bits per heavy atom. The summed E-state index contributed by atoms with van der Waals surface area (Å²) in [6, 6.07) is 4.04. The predicted octanol–water partition coefficient (Wildman–Crippen LogP) is 2.24. The van der Waals surface area contributed by atoms with Crippen LogP contribution >= 0.6 is 24.8 Å². The van der Waals surface area contributed by atoms with Crippen LogP contribution in [0.15, 0.2) is 17.1 Å². The van der Waals surface area contributed by atoms with Crippen molar-refractivity contribution in [1.82, 2.24) is 0 Å². The summed E-state index contributed by atoms with van der Waals surface area (Å²) < 4.78 is 10.6. The average Bonchev–Trinajstić information content (AvgIpc) is 2.38. The molecule has 0 aliphatic carbocycles. The molecule has 0 bridgehead atoms. The summed E-state index contributed by atoms with van der Waals surface area (Å²) in [7, 11) is 3.30. The molecule has 2 rings (SSSR count). The van der Waals surface area contributed by atoms with Gasteiger partial charge in [0.25, 0.3) is 0 Å². The first-order chi connectivity index (χ1) is 8.30. The second kappa shape index (κ2) is 8.25. The largest absolute Gasteiger partial charge is 0.493 e. The van der Waals surface area contributed by atoms with Crippen molar-refractivity contribution < 1.29 is 9.47 Å². The minimum absolute atomic E-state index is 0. The van der Waals surface area contributed by atoms with Gasteiger partial charge >= 0.3 is 0 Å². The molecule has 1 heterocycles. The third kappa shape index (κ3) is 3.75. The van der Waals surface area contributed by atoms with E-state index in [1.165, 1.54) is 5.56 Å². The van der Waals surface area contributed by atoms with E-state index in [1.807, 2.05) is 12.1 Å². The number of methoxy groups -OCH3 is 2. The maximum atomic E-state index is 5.61. The number of nitrogens with zero attached hydrogens (tertiary/aromatic N) is 1. The molecule has 0 fully saturated rings. The van der Waals surface area contributed by atoms with Gasteiger partial charge in [-0.15, -0.1) is 24.8 Å². The Hall–Kier alpha value is -0.970. The van der Waals surface area contributed by atoms with Crippen LogP contribution in [0.3, 0.4) is 0 Å². The highest BCUT2D eigenvalue weighted by Crippen LogP contribution is 2.32. The monoisotopic (exact) mass is 306 g/mol. The Morgan fingerprint density at radius 3 is 2.37 bits per heavy atom. The van der Waals surface area contributed by atoms with Crippen LogP contribution in [0, 0.1) is 0 Å². The van der Waals surface area contributed by atoms with Crippen molar-refractivity contribution in [3.05, 3.63) is 23.3 Å². The molecule has 6 heteroatoms. The summed E-state index contributed by atoms with van der Waals surface area (Å²) in [6.07, 6.45) is 1.76. The summed E-state index contributed by atoms with van der Waals surface area (Å²) in [6.45, 7) is 1.45. The number of benzene rings is 1. The molecule has 19 heavy (non-hydrogen) atoms. The van der Waals surface area contributed by atoms with E-state index in [0.29, 0.717) is 6.54 Å². The summed E-state index contributed by atoms with van der Waals surface area (Å²) in [5.41, 5.74) is 9.10. The highest BCUT2D eigenvalue weighted by molar-refractivity contribution is 6.03. The summed E-state index contributed by atoms with van der Waals surface area (Å²) >= 11 is 0. The van der Waals surface area contributed by atoms with Crippen molar-refractivity contribution in [2.75, 3.05) is 27.3 Å². The van der Waals surface area contributed by atoms with Crippen LogP contribution in [0.1, 0.15) is 17.5 Å². The van der Waals surface area contributed by atoms with Gasteiger partial charge in [-0.3, -0.25) is 4.99 Å². The van der Waals surface area contributed by atoms with Crippen molar-refractivity contribution in [2.45, 2.75) is 12.8 Å². The number of hydrogen-bond donors (Lipinski definition) is 1. The molecule has 0 spiro atoms. The minimum atomic E-state index is 0. The van der Waals surface area contributed by atoms with Crippen LogP contribution < -0.4 is 15.2 Å². The molecular weight excluding hydrogens is 287 g/mol. The molecule has 2 N–H and O–H groups in total. The standard InChI is InChI=1S/C13H18N2O2.2ClH/c1-16-12-7-9-4-6-15-11(3-5-14)10(9)8-13(12)17-2;;/h7-8H,3-6,14H2,1-2H3;2*1H. The van der Waals surface area contributed by atoms with E-state index in [0.717, 1.165) is 42.2 Å². The quantitative estimate of drug-likeness (QED) is 0.928. The Labute approximate surface area is 126 Å². The van der Waals surface area contributed by atoms with E-state index in [2.05, 4.69) is 4.99 Å². The summed E-state index contributed by atoms with van der Waals surface area (Å²) in [5, 5.41) is 0. The zero-order valence-electron chi connectivity index (χ0n) is 11.1. The number of halogens is 2. The van der Waals surface area contributed by atoms with Gasteiger partial charge in [-0.2, -0.15) is 0 Å². The van der Waals surface area contributed by atoms with E-state index >= 15 is 0 Å². The van der Waals surface area contributed by atoms with Crippen LogP contribution in [-0.2, 0) is 6.42 Å². The van der Waals surface area contributed by atoms with Gasteiger partial charge in [-0.1, -0.05) is 0 Å².